The lowest BCUT2D eigenvalue weighted by molar-refractivity contribution is 0.590. The summed E-state index contributed by atoms with van der Waals surface area (Å²) in [6.45, 7) is 6.72. The molecule has 0 spiro atoms. The van der Waals surface area contributed by atoms with E-state index in [1.54, 1.807) is 0 Å². The maximum atomic E-state index is 14.1. The van der Waals surface area contributed by atoms with Crippen LogP contribution < -0.4 is 15.4 Å². The van der Waals surface area contributed by atoms with Crippen molar-refractivity contribution >= 4 is 55.8 Å². The molecule has 0 aliphatic carbocycles. The van der Waals surface area contributed by atoms with Crippen molar-refractivity contribution in [3.63, 3.8) is 0 Å². The van der Waals surface area contributed by atoms with Crippen molar-refractivity contribution in [3.05, 3.63) is 125 Å². The summed E-state index contributed by atoms with van der Waals surface area (Å²) in [5, 5.41) is 2.79. The highest BCUT2D eigenvalue weighted by Gasteiger charge is 2.37. The van der Waals surface area contributed by atoms with E-state index in [9.17, 15) is 4.79 Å². The Balaban J connectivity index is 1.53. The number of anilines is 6. The first-order valence-electron chi connectivity index (χ1n) is 13.4. The molecule has 1 aromatic heterocycles. The fourth-order valence-corrected chi connectivity index (χ4v) is 6.34. The molecule has 0 bridgehead atoms. The van der Waals surface area contributed by atoms with Crippen LogP contribution in [-0.4, -0.2) is 4.57 Å². The first-order chi connectivity index (χ1) is 18.9. The lowest BCUT2D eigenvalue weighted by Crippen LogP contribution is -2.31. The van der Waals surface area contributed by atoms with Crippen LogP contribution >= 0.6 is 0 Å². The molecule has 0 fully saturated rings. The van der Waals surface area contributed by atoms with Gasteiger partial charge in [-0.25, -0.2) is 0 Å². The third-order valence-corrected chi connectivity index (χ3v) is 8.19. The zero-order chi connectivity index (χ0) is 26.5. The van der Waals surface area contributed by atoms with Crippen LogP contribution in [0.2, 0.25) is 0 Å². The van der Waals surface area contributed by atoms with Crippen LogP contribution in [0.5, 0.6) is 0 Å². The van der Waals surface area contributed by atoms with Crippen LogP contribution in [0.15, 0.2) is 114 Å². The molecule has 4 heteroatoms. The molecule has 4 nitrogen and oxygen atoms in total. The second-order valence-electron chi connectivity index (χ2n) is 11.5. The van der Waals surface area contributed by atoms with Gasteiger partial charge in [0.05, 0.1) is 39.6 Å². The predicted molar refractivity (Wildman–Crippen MR) is 162 cm³/mol. The number of rotatable bonds is 1. The quantitative estimate of drug-likeness (QED) is 0.208. The van der Waals surface area contributed by atoms with E-state index in [4.69, 9.17) is 0 Å². The Bertz CT molecular complexity index is 2030. The zero-order valence-corrected chi connectivity index (χ0v) is 22.1. The molecule has 8 rings (SSSR count). The van der Waals surface area contributed by atoms with Gasteiger partial charge in [-0.05, 0) is 71.0 Å². The summed E-state index contributed by atoms with van der Waals surface area (Å²) < 4.78 is 1.93. The first-order valence-corrected chi connectivity index (χ1v) is 13.4. The van der Waals surface area contributed by atoms with Gasteiger partial charge in [0, 0.05) is 16.5 Å². The lowest BCUT2D eigenvalue weighted by atomic mass is 9.87. The summed E-state index contributed by atoms with van der Waals surface area (Å²) in [4.78, 5) is 18.8. The van der Waals surface area contributed by atoms with Crippen molar-refractivity contribution in [2.45, 2.75) is 26.2 Å². The molecule has 0 saturated carbocycles. The Hall–Kier alpha value is -4.83. The van der Waals surface area contributed by atoms with Gasteiger partial charge in [-0.3, -0.25) is 9.36 Å². The molecule has 2 aliphatic heterocycles. The van der Waals surface area contributed by atoms with Crippen molar-refractivity contribution in [1.29, 1.82) is 0 Å². The summed E-state index contributed by atoms with van der Waals surface area (Å²) in [7, 11) is 0. The number of hydrogen-bond acceptors (Lipinski definition) is 3. The Morgan fingerprint density at radius 1 is 0.513 bits per heavy atom. The van der Waals surface area contributed by atoms with Gasteiger partial charge in [0.15, 0.2) is 0 Å². The van der Waals surface area contributed by atoms with Gasteiger partial charge in [0.25, 0.3) is 5.56 Å². The van der Waals surface area contributed by atoms with Crippen LogP contribution in [0.3, 0.4) is 0 Å². The second kappa shape index (κ2) is 7.61. The normalized spacial score (nSPS) is 13.5. The van der Waals surface area contributed by atoms with E-state index in [2.05, 4.69) is 116 Å². The SMILES string of the molecule is CC(C)(C)c1ccc(N2c3ccccc3N3c4ccccc4-n4c(=O)c5ccccc5c5ccc2c3c54)cc1. The number of benzene rings is 5. The van der Waals surface area contributed by atoms with Crippen molar-refractivity contribution in [2.75, 3.05) is 9.80 Å². The standard InChI is InChI=1S/C35H27N3O/c1-35(2,3)22-16-18-23(19-17-22)36-27-12-6-7-13-28(27)37-29-14-8-9-15-30(29)38-32-25(20-21-31(36)33(32)37)24-10-4-5-11-26(24)34(38)39/h4-21H,1-3H3. The minimum atomic E-state index is 0.0125. The Labute approximate surface area is 227 Å². The van der Waals surface area contributed by atoms with Crippen LogP contribution in [-0.2, 0) is 5.41 Å². The summed E-state index contributed by atoms with van der Waals surface area (Å²) in [5.41, 5.74) is 9.63. The Morgan fingerprint density at radius 2 is 1.08 bits per heavy atom. The highest BCUT2D eigenvalue weighted by atomic mass is 16.1. The number of hydrogen-bond donors (Lipinski definition) is 0. The molecule has 39 heavy (non-hydrogen) atoms. The smallest absolute Gasteiger partial charge is 0.263 e. The molecule has 0 atom stereocenters. The molecule has 0 radical (unpaired) electrons. The van der Waals surface area contributed by atoms with E-state index in [0.717, 1.165) is 61.5 Å². The lowest BCUT2D eigenvalue weighted by Gasteiger charge is -2.43. The molecule has 2 aliphatic rings. The molecule has 188 valence electrons. The molecular formula is C35H27N3O. The van der Waals surface area contributed by atoms with Crippen molar-refractivity contribution in [1.82, 2.24) is 4.57 Å². The average Bonchev–Trinajstić information content (AvgIpc) is 2.96. The topological polar surface area (TPSA) is 28.5 Å². The van der Waals surface area contributed by atoms with Gasteiger partial charge < -0.3 is 9.80 Å². The van der Waals surface area contributed by atoms with Gasteiger partial charge in [0.2, 0.25) is 0 Å². The number of fused-ring (bicyclic) bond motifs is 7. The fraction of sp³-hybridized carbons (Fsp3) is 0.114. The maximum Gasteiger partial charge on any atom is 0.263 e. The van der Waals surface area contributed by atoms with Crippen molar-refractivity contribution in [3.8, 4) is 5.69 Å². The summed E-state index contributed by atoms with van der Waals surface area (Å²) >= 11 is 0. The van der Waals surface area contributed by atoms with Gasteiger partial charge >= 0.3 is 0 Å². The van der Waals surface area contributed by atoms with Gasteiger partial charge in [-0.1, -0.05) is 75.4 Å². The first kappa shape index (κ1) is 22.2. The molecular weight excluding hydrogens is 478 g/mol. The second-order valence-corrected chi connectivity index (χ2v) is 11.5. The predicted octanol–water partition coefficient (Wildman–Crippen LogP) is 9.01. The molecule has 0 N–H and O–H groups in total. The van der Waals surface area contributed by atoms with Gasteiger partial charge in [0.1, 0.15) is 0 Å². The minimum absolute atomic E-state index is 0.0125. The fourth-order valence-electron chi connectivity index (χ4n) is 6.34. The number of pyridine rings is 1. The van der Waals surface area contributed by atoms with Crippen LogP contribution in [0, 0.1) is 0 Å². The van der Waals surface area contributed by atoms with E-state index in [0.29, 0.717) is 0 Å². The molecule has 3 heterocycles. The summed E-state index contributed by atoms with van der Waals surface area (Å²) in [6.07, 6.45) is 0. The Morgan fingerprint density at radius 3 is 1.74 bits per heavy atom. The maximum absolute atomic E-state index is 14.1. The van der Waals surface area contributed by atoms with E-state index in [1.165, 1.54) is 5.56 Å². The highest BCUT2D eigenvalue weighted by Crippen LogP contribution is 2.59. The largest absolute Gasteiger partial charge is 0.306 e. The van der Waals surface area contributed by atoms with Crippen LogP contribution in [0.25, 0.3) is 27.4 Å². The third kappa shape index (κ3) is 2.91. The van der Waals surface area contributed by atoms with E-state index < -0.39 is 0 Å². The Kier molecular flexibility index (Phi) is 4.33. The summed E-state index contributed by atoms with van der Waals surface area (Å²) in [5.74, 6) is 0. The highest BCUT2D eigenvalue weighted by molar-refractivity contribution is 6.19. The number of nitrogens with zero attached hydrogens (tertiary/aromatic N) is 3. The van der Waals surface area contributed by atoms with Crippen LogP contribution in [0.1, 0.15) is 26.3 Å². The number of para-hydroxylation sites is 4. The number of aromatic nitrogens is 1. The third-order valence-electron chi connectivity index (χ3n) is 8.19. The zero-order valence-electron chi connectivity index (χ0n) is 22.1. The monoisotopic (exact) mass is 505 g/mol. The van der Waals surface area contributed by atoms with E-state index in [-0.39, 0.29) is 11.0 Å². The van der Waals surface area contributed by atoms with Crippen molar-refractivity contribution < 1.29 is 0 Å². The molecule has 5 aromatic carbocycles. The molecule has 0 unspecified atom stereocenters. The molecule has 0 saturated heterocycles. The summed E-state index contributed by atoms with van der Waals surface area (Å²) in [6, 6.07) is 38.1. The minimum Gasteiger partial charge on any atom is -0.306 e. The van der Waals surface area contributed by atoms with Gasteiger partial charge in [-0.15, -0.1) is 0 Å². The molecule has 6 aromatic rings. The van der Waals surface area contributed by atoms with E-state index >= 15 is 0 Å². The van der Waals surface area contributed by atoms with E-state index in [1.807, 2.05) is 28.8 Å². The average molecular weight is 506 g/mol. The van der Waals surface area contributed by atoms with Crippen molar-refractivity contribution in [2.24, 2.45) is 0 Å². The van der Waals surface area contributed by atoms with Crippen LogP contribution in [0.4, 0.5) is 34.1 Å². The molecule has 0 amide bonds. The van der Waals surface area contributed by atoms with Gasteiger partial charge in [-0.2, -0.15) is 0 Å².